The third-order valence-corrected chi connectivity index (χ3v) is 3.97. The van der Waals surface area contributed by atoms with Gasteiger partial charge in [-0.2, -0.15) is 0 Å². The monoisotopic (exact) mass is 255 g/mol. The molecule has 1 saturated carbocycles. The minimum Gasteiger partial charge on any atom is -0.355 e. The van der Waals surface area contributed by atoms with Gasteiger partial charge in [-0.25, -0.2) is 0 Å². The van der Waals surface area contributed by atoms with Crippen molar-refractivity contribution in [3.63, 3.8) is 0 Å². The highest BCUT2D eigenvalue weighted by Gasteiger charge is 2.29. The molecule has 4 nitrogen and oxygen atoms in total. The molecule has 0 aliphatic heterocycles. The molecular formula is C14H29N3O. The van der Waals surface area contributed by atoms with Crippen molar-refractivity contribution >= 4 is 5.91 Å². The number of nitrogens with one attached hydrogen (secondary N) is 1. The smallest absolute Gasteiger partial charge is 0.234 e. The highest BCUT2D eigenvalue weighted by atomic mass is 16.2. The molecule has 1 aliphatic carbocycles. The number of hydrogen-bond donors (Lipinski definition) is 2. The van der Waals surface area contributed by atoms with Crippen molar-refractivity contribution in [2.75, 3.05) is 26.2 Å². The number of carbonyl (C=O) groups excluding carboxylic acids is 1. The Hall–Kier alpha value is -0.610. The van der Waals surface area contributed by atoms with Crippen LogP contribution in [0.25, 0.3) is 0 Å². The lowest BCUT2D eigenvalue weighted by atomic mass is 9.83. The fraction of sp³-hybridized carbons (Fsp3) is 0.929. The maximum absolute atomic E-state index is 11.8. The zero-order chi connectivity index (χ0) is 13.4. The van der Waals surface area contributed by atoms with Gasteiger partial charge in [-0.05, 0) is 38.3 Å². The van der Waals surface area contributed by atoms with Gasteiger partial charge in [0.05, 0.1) is 6.54 Å². The molecule has 0 aromatic heterocycles. The van der Waals surface area contributed by atoms with Crippen molar-refractivity contribution in [2.24, 2.45) is 11.7 Å². The second-order valence-electron chi connectivity index (χ2n) is 5.26. The Morgan fingerprint density at radius 1 is 1.33 bits per heavy atom. The lowest BCUT2D eigenvalue weighted by Gasteiger charge is -2.38. The molecule has 2 unspecified atom stereocenters. The van der Waals surface area contributed by atoms with Crippen LogP contribution in [0, 0.1) is 5.92 Å². The van der Waals surface area contributed by atoms with Gasteiger partial charge in [-0.3, -0.25) is 9.69 Å². The van der Waals surface area contributed by atoms with Crippen molar-refractivity contribution in [3.05, 3.63) is 0 Å². The van der Waals surface area contributed by atoms with Gasteiger partial charge < -0.3 is 11.1 Å². The molecule has 1 amide bonds. The molecule has 0 spiro atoms. The minimum atomic E-state index is 0.153. The zero-order valence-corrected chi connectivity index (χ0v) is 12.0. The van der Waals surface area contributed by atoms with E-state index in [0.717, 1.165) is 26.1 Å². The van der Waals surface area contributed by atoms with Gasteiger partial charge in [0.25, 0.3) is 0 Å². The van der Waals surface area contributed by atoms with E-state index in [0.29, 0.717) is 18.5 Å². The molecule has 0 bridgehead atoms. The maximum Gasteiger partial charge on any atom is 0.234 e. The number of likely N-dealkylation sites (N-methyl/N-ethyl adjacent to an activating group) is 1. The van der Waals surface area contributed by atoms with Crippen LogP contribution < -0.4 is 11.1 Å². The van der Waals surface area contributed by atoms with E-state index in [1.54, 1.807) is 0 Å². The van der Waals surface area contributed by atoms with Crippen LogP contribution in [0.1, 0.15) is 46.0 Å². The molecule has 106 valence electrons. The van der Waals surface area contributed by atoms with Gasteiger partial charge in [-0.15, -0.1) is 0 Å². The first kappa shape index (κ1) is 15.4. The van der Waals surface area contributed by atoms with Crippen LogP contribution in [0.3, 0.4) is 0 Å². The molecule has 3 N–H and O–H groups in total. The normalized spacial score (nSPS) is 24.2. The predicted octanol–water partition coefficient (Wildman–Crippen LogP) is 1.35. The fourth-order valence-corrected chi connectivity index (χ4v) is 2.91. The first-order valence-corrected chi connectivity index (χ1v) is 7.43. The van der Waals surface area contributed by atoms with E-state index < -0.39 is 0 Å². The Balaban J connectivity index is 2.49. The maximum atomic E-state index is 11.8. The summed E-state index contributed by atoms with van der Waals surface area (Å²) in [5.41, 5.74) is 5.87. The van der Waals surface area contributed by atoms with E-state index in [2.05, 4.69) is 24.1 Å². The number of carbonyl (C=O) groups is 1. The number of amides is 1. The SMILES string of the molecule is CCCNC(=O)CN(CC)C1CCCCC1CN. The minimum absolute atomic E-state index is 0.153. The summed E-state index contributed by atoms with van der Waals surface area (Å²) in [4.78, 5) is 14.1. The average Bonchev–Trinajstić information content (AvgIpc) is 2.42. The average molecular weight is 255 g/mol. The van der Waals surface area contributed by atoms with Crippen molar-refractivity contribution in [2.45, 2.75) is 52.0 Å². The van der Waals surface area contributed by atoms with E-state index in [1.165, 1.54) is 25.7 Å². The lowest BCUT2D eigenvalue weighted by Crippen LogP contribution is -2.49. The topological polar surface area (TPSA) is 58.4 Å². The van der Waals surface area contributed by atoms with Crippen LogP contribution in [0.4, 0.5) is 0 Å². The Morgan fingerprint density at radius 2 is 2.06 bits per heavy atom. The van der Waals surface area contributed by atoms with Crippen LogP contribution in [-0.4, -0.2) is 43.0 Å². The van der Waals surface area contributed by atoms with Gasteiger partial charge in [0.15, 0.2) is 0 Å². The predicted molar refractivity (Wildman–Crippen MR) is 75.3 cm³/mol. The van der Waals surface area contributed by atoms with E-state index in [-0.39, 0.29) is 5.91 Å². The summed E-state index contributed by atoms with van der Waals surface area (Å²) in [6.45, 7) is 7.19. The first-order valence-electron chi connectivity index (χ1n) is 7.43. The molecule has 1 aliphatic rings. The highest BCUT2D eigenvalue weighted by molar-refractivity contribution is 5.78. The largest absolute Gasteiger partial charge is 0.355 e. The quantitative estimate of drug-likeness (QED) is 0.722. The van der Waals surface area contributed by atoms with Gasteiger partial charge in [0, 0.05) is 12.6 Å². The lowest BCUT2D eigenvalue weighted by molar-refractivity contribution is -0.123. The Bertz CT molecular complexity index is 245. The Labute approximate surface area is 111 Å². The Morgan fingerprint density at radius 3 is 2.67 bits per heavy atom. The summed E-state index contributed by atoms with van der Waals surface area (Å²) in [6, 6.07) is 0.501. The molecule has 0 aromatic rings. The van der Waals surface area contributed by atoms with Crippen LogP contribution in [0.5, 0.6) is 0 Å². The second kappa shape index (κ2) is 8.48. The van der Waals surface area contributed by atoms with E-state index >= 15 is 0 Å². The molecule has 1 fully saturated rings. The van der Waals surface area contributed by atoms with E-state index in [9.17, 15) is 4.79 Å². The number of rotatable bonds is 7. The molecule has 1 rings (SSSR count). The summed E-state index contributed by atoms with van der Waals surface area (Å²) in [5, 5.41) is 2.96. The van der Waals surface area contributed by atoms with Gasteiger partial charge >= 0.3 is 0 Å². The first-order chi connectivity index (χ1) is 8.72. The Kier molecular flexibility index (Phi) is 7.28. The van der Waals surface area contributed by atoms with Crippen molar-refractivity contribution in [3.8, 4) is 0 Å². The van der Waals surface area contributed by atoms with Gasteiger partial charge in [-0.1, -0.05) is 26.7 Å². The molecule has 0 heterocycles. The van der Waals surface area contributed by atoms with Crippen LogP contribution >= 0.6 is 0 Å². The van der Waals surface area contributed by atoms with Gasteiger partial charge in [0.2, 0.25) is 5.91 Å². The summed E-state index contributed by atoms with van der Waals surface area (Å²) in [6.07, 6.45) is 5.96. The number of nitrogens with zero attached hydrogens (tertiary/aromatic N) is 1. The zero-order valence-electron chi connectivity index (χ0n) is 12.0. The van der Waals surface area contributed by atoms with Crippen LogP contribution in [-0.2, 0) is 4.79 Å². The summed E-state index contributed by atoms with van der Waals surface area (Å²) >= 11 is 0. The number of nitrogens with two attached hydrogens (primary N) is 1. The van der Waals surface area contributed by atoms with Crippen molar-refractivity contribution in [1.29, 1.82) is 0 Å². The summed E-state index contributed by atoms with van der Waals surface area (Å²) in [5.74, 6) is 0.720. The van der Waals surface area contributed by atoms with E-state index in [1.807, 2.05) is 0 Å². The molecule has 0 saturated heterocycles. The fourth-order valence-electron chi connectivity index (χ4n) is 2.91. The van der Waals surface area contributed by atoms with Crippen LogP contribution in [0.15, 0.2) is 0 Å². The standard InChI is InChI=1S/C14H29N3O/c1-3-9-16-14(18)11-17(4-2)13-8-6-5-7-12(13)10-15/h12-13H,3-11,15H2,1-2H3,(H,16,18). The summed E-state index contributed by atoms with van der Waals surface area (Å²) < 4.78 is 0. The third kappa shape index (κ3) is 4.58. The molecule has 0 aromatic carbocycles. The summed E-state index contributed by atoms with van der Waals surface area (Å²) in [7, 11) is 0. The highest BCUT2D eigenvalue weighted by Crippen LogP contribution is 2.27. The van der Waals surface area contributed by atoms with Crippen LogP contribution in [0.2, 0.25) is 0 Å². The molecule has 4 heteroatoms. The molecule has 0 radical (unpaired) electrons. The van der Waals surface area contributed by atoms with Crippen molar-refractivity contribution < 1.29 is 4.79 Å². The molecule has 2 atom stereocenters. The van der Waals surface area contributed by atoms with Crippen molar-refractivity contribution in [1.82, 2.24) is 10.2 Å². The molecular weight excluding hydrogens is 226 g/mol. The van der Waals surface area contributed by atoms with E-state index in [4.69, 9.17) is 5.73 Å². The molecule has 18 heavy (non-hydrogen) atoms. The number of hydrogen-bond acceptors (Lipinski definition) is 3. The second-order valence-corrected chi connectivity index (χ2v) is 5.26. The third-order valence-electron chi connectivity index (χ3n) is 3.97. The van der Waals surface area contributed by atoms with Gasteiger partial charge in [0.1, 0.15) is 0 Å².